The Morgan fingerprint density at radius 3 is 2.78 bits per heavy atom. The maximum atomic E-state index is 14.2. The molecule has 5 nitrogen and oxygen atoms in total. The summed E-state index contributed by atoms with van der Waals surface area (Å²) in [5, 5.41) is 11.9. The van der Waals surface area contributed by atoms with Crippen LogP contribution in [-0.2, 0) is 4.79 Å². The van der Waals surface area contributed by atoms with Crippen LogP contribution in [0.2, 0.25) is 0 Å². The summed E-state index contributed by atoms with van der Waals surface area (Å²) in [5.74, 6) is 0.270. The number of nitrogens with one attached hydrogen (secondary N) is 1. The van der Waals surface area contributed by atoms with Gasteiger partial charge in [0.05, 0.1) is 11.3 Å². The molecular formula is C19H16BrFN4OS. The Morgan fingerprint density at radius 2 is 2.04 bits per heavy atom. The highest BCUT2D eigenvalue weighted by atomic mass is 79.9. The number of benzene rings is 2. The molecule has 1 heterocycles. The topological polar surface area (TPSA) is 59.8 Å². The number of carbonyl (C=O) groups is 1. The predicted octanol–water partition coefficient (Wildman–Crippen LogP) is 4.91. The van der Waals surface area contributed by atoms with Crippen molar-refractivity contribution >= 4 is 39.3 Å². The zero-order chi connectivity index (χ0) is 18.8. The van der Waals surface area contributed by atoms with Crippen molar-refractivity contribution in [1.29, 1.82) is 0 Å². The van der Waals surface area contributed by atoms with Gasteiger partial charge in [-0.15, -0.1) is 10.2 Å². The fraction of sp³-hybridized carbons (Fsp3) is 0.211. The van der Waals surface area contributed by atoms with E-state index < -0.39 is 0 Å². The molecule has 1 aromatic heterocycles. The number of amides is 1. The van der Waals surface area contributed by atoms with Crippen molar-refractivity contribution in [3.05, 3.63) is 58.8 Å². The minimum Gasteiger partial charge on any atom is -0.325 e. The number of carbonyl (C=O) groups excluding carboxylic acids is 1. The monoisotopic (exact) mass is 446 g/mol. The van der Waals surface area contributed by atoms with Gasteiger partial charge in [0.1, 0.15) is 5.82 Å². The van der Waals surface area contributed by atoms with Crippen LogP contribution in [-0.4, -0.2) is 26.4 Å². The van der Waals surface area contributed by atoms with Crippen molar-refractivity contribution in [3.8, 4) is 11.4 Å². The minimum atomic E-state index is -0.323. The van der Waals surface area contributed by atoms with E-state index in [9.17, 15) is 9.18 Å². The molecule has 4 rings (SSSR count). The molecule has 0 radical (unpaired) electrons. The molecule has 1 saturated carbocycles. The molecular weight excluding hydrogens is 431 g/mol. The third kappa shape index (κ3) is 4.22. The maximum Gasteiger partial charge on any atom is 0.234 e. The van der Waals surface area contributed by atoms with E-state index in [0.29, 0.717) is 16.5 Å². The largest absolute Gasteiger partial charge is 0.325 e. The van der Waals surface area contributed by atoms with Gasteiger partial charge in [0.2, 0.25) is 5.91 Å². The standard InChI is InChI=1S/C19H16BrFN4OS/c20-12-4-3-5-13(10-12)22-17(26)11-27-19-24-23-18(25(19)14-8-9-14)15-6-1-2-7-16(15)21/h1-7,10,14H,8-9,11H2,(H,22,26). The molecule has 0 spiro atoms. The summed E-state index contributed by atoms with van der Waals surface area (Å²) >= 11 is 4.69. The third-order valence-electron chi connectivity index (χ3n) is 4.13. The van der Waals surface area contributed by atoms with Gasteiger partial charge in [0.15, 0.2) is 11.0 Å². The van der Waals surface area contributed by atoms with Gasteiger partial charge in [-0.3, -0.25) is 9.36 Å². The van der Waals surface area contributed by atoms with Crippen molar-refractivity contribution in [2.24, 2.45) is 0 Å². The number of aromatic nitrogens is 3. The number of halogens is 2. The van der Waals surface area contributed by atoms with E-state index in [1.807, 2.05) is 28.8 Å². The number of nitrogens with zero attached hydrogens (tertiary/aromatic N) is 3. The molecule has 1 aliphatic rings. The summed E-state index contributed by atoms with van der Waals surface area (Å²) < 4.78 is 17.0. The molecule has 1 amide bonds. The summed E-state index contributed by atoms with van der Waals surface area (Å²) in [6.45, 7) is 0. The Balaban J connectivity index is 1.50. The maximum absolute atomic E-state index is 14.2. The molecule has 1 fully saturated rings. The lowest BCUT2D eigenvalue weighted by molar-refractivity contribution is -0.113. The lowest BCUT2D eigenvalue weighted by atomic mass is 10.2. The fourth-order valence-electron chi connectivity index (χ4n) is 2.76. The average Bonchev–Trinajstić information content (AvgIpc) is 3.40. The van der Waals surface area contributed by atoms with Crippen molar-refractivity contribution in [2.45, 2.75) is 24.0 Å². The summed E-state index contributed by atoms with van der Waals surface area (Å²) in [4.78, 5) is 12.3. The number of thioether (sulfide) groups is 1. The summed E-state index contributed by atoms with van der Waals surface area (Å²) in [6.07, 6.45) is 2.02. The lowest BCUT2D eigenvalue weighted by Crippen LogP contribution is -2.14. The second-order valence-electron chi connectivity index (χ2n) is 6.23. The second kappa shape index (κ2) is 7.82. The smallest absolute Gasteiger partial charge is 0.234 e. The lowest BCUT2D eigenvalue weighted by Gasteiger charge is -2.09. The van der Waals surface area contributed by atoms with Crippen LogP contribution in [0.5, 0.6) is 0 Å². The van der Waals surface area contributed by atoms with Gasteiger partial charge in [-0.1, -0.05) is 45.9 Å². The van der Waals surface area contributed by atoms with Crippen molar-refractivity contribution < 1.29 is 9.18 Å². The summed E-state index contributed by atoms with van der Waals surface area (Å²) in [7, 11) is 0. The fourth-order valence-corrected chi connectivity index (χ4v) is 3.96. The van der Waals surface area contributed by atoms with Crippen molar-refractivity contribution in [3.63, 3.8) is 0 Å². The van der Waals surface area contributed by atoms with Crippen LogP contribution in [0.25, 0.3) is 11.4 Å². The van der Waals surface area contributed by atoms with Gasteiger partial charge >= 0.3 is 0 Å². The first-order valence-corrected chi connectivity index (χ1v) is 10.3. The van der Waals surface area contributed by atoms with Crippen LogP contribution in [0.3, 0.4) is 0 Å². The highest BCUT2D eigenvalue weighted by Gasteiger charge is 2.31. The molecule has 3 aromatic rings. The Bertz CT molecular complexity index is 989. The van der Waals surface area contributed by atoms with Crippen LogP contribution in [0, 0.1) is 5.82 Å². The zero-order valence-corrected chi connectivity index (χ0v) is 16.6. The molecule has 1 N–H and O–H groups in total. The summed E-state index contributed by atoms with van der Waals surface area (Å²) in [5.41, 5.74) is 1.16. The first-order chi connectivity index (χ1) is 13.1. The molecule has 8 heteroatoms. The van der Waals surface area contributed by atoms with E-state index in [0.717, 1.165) is 23.0 Å². The molecule has 0 saturated heterocycles. The highest BCUT2D eigenvalue weighted by Crippen LogP contribution is 2.41. The SMILES string of the molecule is O=C(CSc1nnc(-c2ccccc2F)n1C1CC1)Nc1cccc(Br)c1. The molecule has 0 aliphatic heterocycles. The van der Waals surface area contributed by atoms with Crippen molar-refractivity contribution in [1.82, 2.24) is 14.8 Å². The molecule has 0 unspecified atom stereocenters. The van der Waals surface area contributed by atoms with Gasteiger partial charge in [-0.25, -0.2) is 4.39 Å². The quantitative estimate of drug-likeness (QED) is 0.546. The second-order valence-corrected chi connectivity index (χ2v) is 8.09. The first-order valence-electron chi connectivity index (χ1n) is 8.50. The Kier molecular flexibility index (Phi) is 5.27. The van der Waals surface area contributed by atoms with Crippen LogP contribution < -0.4 is 5.32 Å². The van der Waals surface area contributed by atoms with Crippen LogP contribution >= 0.6 is 27.7 Å². The Morgan fingerprint density at radius 1 is 1.22 bits per heavy atom. The van der Waals surface area contributed by atoms with Crippen LogP contribution in [0.15, 0.2) is 58.2 Å². The highest BCUT2D eigenvalue weighted by molar-refractivity contribution is 9.10. The van der Waals surface area contributed by atoms with E-state index in [1.165, 1.54) is 17.8 Å². The first kappa shape index (κ1) is 18.2. The molecule has 0 bridgehead atoms. The molecule has 27 heavy (non-hydrogen) atoms. The van der Waals surface area contributed by atoms with E-state index in [1.54, 1.807) is 18.2 Å². The number of rotatable bonds is 6. The number of hydrogen-bond acceptors (Lipinski definition) is 4. The number of hydrogen-bond donors (Lipinski definition) is 1. The van der Waals surface area contributed by atoms with E-state index in [-0.39, 0.29) is 23.5 Å². The van der Waals surface area contributed by atoms with E-state index in [2.05, 4.69) is 31.4 Å². The summed E-state index contributed by atoms with van der Waals surface area (Å²) in [6, 6.07) is 14.2. The zero-order valence-electron chi connectivity index (χ0n) is 14.2. The molecule has 2 aromatic carbocycles. The van der Waals surface area contributed by atoms with Gasteiger partial charge in [0.25, 0.3) is 0 Å². The van der Waals surface area contributed by atoms with Crippen molar-refractivity contribution in [2.75, 3.05) is 11.1 Å². The minimum absolute atomic E-state index is 0.129. The predicted molar refractivity (Wildman–Crippen MR) is 107 cm³/mol. The van der Waals surface area contributed by atoms with Gasteiger partial charge in [0, 0.05) is 16.2 Å². The Labute approximate surface area is 168 Å². The molecule has 0 atom stereocenters. The van der Waals surface area contributed by atoms with Gasteiger partial charge < -0.3 is 5.32 Å². The van der Waals surface area contributed by atoms with E-state index >= 15 is 0 Å². The van der Waals surface area contributed by atoms with Gasteiger partial charge in [-0.05, 0) is 43.2 Å². The molecule has 138 valence electrons. The van der Waals surface area contributed by atoms with Gasteiger partial charge in [-0.2, -0.15) is 0 Å². The molecule has 1 aliphatic carbocycles. The van der Waals surface area contributed by atoms with E-state index in [4.69, 9.17) is 0 Å². The van der Waals surface area contributed by atoms with Crippen LogP contribution in [0.4, 0.5) is 10.1 Å². The Hall–Kier alpha value is -2.19. The van der Waals surface area contributed by atoms with Crippen LogP contribution in [0.1, 0.15) is 18.9 Å². The number of anilines is 1. The third-order valence-corrected chi connectivity index (χ3v) is 5.57. The average molecular weight is 447 g/mol. The normalized spacial score (nSPS) is 13.6.